The largest absolute Gasteiger partial charge is 0.396 e. The molecule has 5 heteroatoms. The lowest BCUT2D eigenvalue weighted by Crippen LogP contribution is -2.45. The molecule has 0 saturated carbocycles. The molecule has 0 radical (unpaired) electrons. The first-order valence-corrected chi connectivity index (χ1v) is 6.65. The third-order valence-electron chi connectivity index (χ3n) is 3.66. The Hall–Kier alpha value is -1.04. The molecule has 0 aliphatic carbocycles. The Bertz CT molecular complexity index is 434. The van der Waals surface area contributed by atoms with E-state index < -0.39 is 11.6 Å². The van der Waals surface area contributed by atoms with E-state index in [-0.39, 0.29) is 12.6 Å². The molecular formula is C14H20F2N2O. The van der Waals surface area contributed by atoms with Gasteiger partial charge in [0.1, 0.15) is 0 Å². The SMILES string of the molecule is Cc1ccc([C@@H](CCO)N2CCNCC2)c(F)c1F. The number of nitrogens with one attached hydrogen (secondary N) is 1. The summed E-state index contributed by atoms with van der Waals surface area (Å²) >= 11 is 0. The van der Waals surface area contributed by atoms with Gasteiger partial charge in [-0.05, 0) is 18.9 Å². The molecule has 0 amide bonds. The zero-order valence-electron chi connectivity index (χ0n) is 11.1. The fraction of sp³-hybridized carbons (Fsp3) is 0.571. The topological polar surface area (TPSA) is 35.5 Å². The Labute approximate surface area is 112 Å². The maximum atomic E-state index is 14.1. The lowest BCUT2D eigenvalue weighted by molar-refractivity contribution is 0.138. The van der Waals surface area contributed by atoms with E-state index in [1.54, 1.807) is 19.1 Å². The Morgan fingerprint density at radius 1 is 1.26 bits per heavy atom. The van der Waals surface area contributed by atoms with Crippen LogP contribution in [0.5, 0.6) is 0 Å². The van der Waals surface area contributed by atoms with Crippen molar-refractivity contribution >= 4 is 0 Å². The average Bonchev–Trinajstić information content (AvgIpc) is 2.44. The van der Waals surface area contributed by atoms with Crippen molar-refractivity contribution in [3.05, 3.63) is 34.9 Å². The van der Waals surface area contributed by atoms with Crippen LogP contribution in [0.15, 0.2) is 12.1 Å². The number of hydrogen-bond acceptors (Lipinski definition) is 3. The van der Waals surface area contributed by atoms with Gasteiger partial charge in [-0.2, -0.15) is 0 Å². The number of piperazine rings is 1. The van der Waals surface area contributed by atoms with E-state index in [1.807, 2.05) is 0 Å². The van der Waals surface area contributed by atoms with Gasteiger partial charge in [0.15, 0.2) is 11.6 Å². The minimum Gasteiger partial charge on any atom is -0.396 e. The van der Waals surface area contributed by atoms with Crippen LogP contribution in [0.2, 0.25) is 0 Å². The number of halogens is 2. The normalized spacial score (nSPS) is 18.5. The lowest BCUT2D eigenvalue weighted by atomic mass is 9.99. The summed E-state index contributed by atoms with van der Waals surface area (Å²) in [4.78, 5) is 2.10. The number of nitrogens with zero attached hydrogens (tertiary/aromatic N) is 1. The van der Waals surface area contributed by atoms with E-state index in [0.717, 1.165) is 26.2 Å². The van der Waals surface area contributed by atoms with Gasteiger partial charge in [0.2, 0.25) is 0 Å². The van der Waals surface area contributed by atoms with Crippen LogP contribution in [0.4, 0.5) is 8.78 Å². The summed E-state index contributed by atoms with van der Waals surface area (Å²) in [6, 6.07) is 2.97. The fourth-order valence-electron chi connectivity index (χ4n) is 2.57. The van der Waals surface area contributed by atoms with Crippen LogP contribution in [-0.4, -0.2) is 42.8 Å². The van der Waals surface area contributed by atoms with Crippen molar-refractivity contribution in [1.29, 1.82) is 0 Å². The van der Waals surface area contributed by atoms with E-state index in [2.05, 4.69) is 10.2 Å². The van der Waals surface area contributed by atoms with E-state index in [4.69, 9.17) is 0 Å². The smallest absolute Gasteiger partial charge is 0.163 e. The maximum Gasteiger partial charge on any atom is 0.163 e. The second kappa shape index (κ2) is 6.41. The van der Waals surface area contributed by atoms with Crippen molar-refractivity contribution in [3.63, 3.8) is 0 Å². The van der Waals surface area contributed by atoms with Crippen LogP contribution in [0.25, 0.3) is 0 Å². The molecule has 1 heterocycles. The second-order valence-electron chi connectivity index (χ2n) is 4.91. The molecule has 1 saturated heterocycles. The van der Waals surface area contributed by atoms with Crippen molar-refractivity contribution in [3.8, 4) is 0 Å². The molecule has 1 fully saturated rings. The number of aryl methyl sites for hydroxylation is 1. The molecular weight excluding hydrogens is 250 g/mol. The van der Waals surface area contributed by atoms with E-state index in [9.17, 15) is 13.9 Å². The molecule has 0 aromatic heterocycles. The van der Waals surface area contributed by atoms with Gasteiger partial charge in [-0.15, -0.1) is 0 Å². The van der Waals surface area contributed by atoms with Gasteiger partial charge in [-0.3, -0.25) is 4.90 Å². The molecule has 0 unspecified atom stereocenters. The summed E-state index contributed by atoms with van der Waals surface area (Å²) in [6.45, 7) is 4.73. The first-order chi connectivity index (χ1) is 9.15. The van der Waals surface area contributed by atoms with Gasteiger partial charge in [-0.1, -0.05) is 12.1 Å². The predicted molar refractivity (Wildman–Crippen MR) is 70.0 cm³/mol. The summed E-state index contributed by atoms with van der Waals surface area (Å²) in [5.74, 6) is -1.56. The first kappa shape index (κ1) is 14.4. The molecule has 0 spiro atoms. The van der Waals surface area contributed by atoms with Crippen LogP contribution >= 0.6 is 0 Å². The highest BCUT2D eigenvalue weighted by Gasteiger charge is 2.25. The number of rotatable bonds is 4. The molecule has 3 nitrogen and oxygen atoms in total. The number of hydrogen-bond donors (Lipinski definition) is 2. The van der Waals surface area contributed by atoms with Crippen molar-refractivity contribution in [2.45, 2.75) is 19.4 Å². The molecule has 1 aromatic rings. The summed E-state index contributed by atoms with van der Waals surface area (Å²) in [7, 11) is 0. The zero-order chi connectivity index (χ0) is 13.8. The van der Waals surface area contributed by atoms with Crippen molar-refractivity contribution in [1.82, 2.24) is 10.2 Å². The number of aliphatic hydroxyl groups is 1. The van der Waals surface area contributed by atoms with Gasteiger partial charge in [-0.25, -0.2) is 8.78 Å². The van der Waals surface area contributed by atoms with Crippen LogP contribution in [0, 0.1) is 18.6 Å². The van der Waals surface area contributed by atoms with Crippen LogP contribution < -0.4 is 5.32 Å². The summed E-state index contributed by atoms with van der Waals surface area (Å²) < 4.78 is 27.8. The standard InChI is InChI=1S/C14H20F2N2O/c1-10-2-3-11(14(16)13(10)15)12(4-9-19)18-7-5-17-6-8-18/h2-3,12,17,19H,4-9H2,1H3/t12-/m1/s1. The quantitative estimate of drug-likeness (QED) is 0.872. The third kappa shape index (κ3) is 3.11. The van der Waals surface area contributed by atoms with Gasteiger partial charge >= 0.3 is 0 Å². The minimum atomic E-state index is -0.782. The average molecular weight is 270 g/mol. The molecule has 1 aromatic carbocycles. The third-order valence-corrected chi connectivity index (χ3v) is 3.66. The Kier molecular flexibility index (Phi) is 4.85. The van der Waals surface area contributed by atoms with E-state index in [1.165, 1.54) is 0 Å². The highest BCUT2D eigenvalue weighted by Crippen LogP contribution is 2.29. The Balaban J connectivity index is 2.30. The summed E-state index contributed by atoms with van der Waals surface area (Å²) in [5.41, 5.74) is 0.656. The van der Waals surface area contributed by atoms with E-state index in [0.29, 0.717) is 17.5 Å². The van der Waals surface area contributed by atoms with Gasteiger partial charge in [0.25, 0.3) is 0 Å². The van der Waals surface area contributed by atoms with E-state index >= 15 is 0 Å². The summed E-state index contributed by atoms with van der Waals surface area (Å²) in [5, 5.41) is 12.4. The molecule has 106 valence electrons. The monoisotopic (exact) mass is 270 g/mol. The zero-order valence-corrected chi connectivity index (χ0v) is 11.1. The molecule has 2 N–H and O–H groups in total. The summed E-state index contributed by atoms with van der Waals surface area (Å²) in [6.07, 6.45) is 0.416. The Morgan fingerprint density at radius 3 is 2.58 bits per heavy atom. The fourth-order valence-corrected chi connectivity index (χ4v) is 2.57. The molecule has 0 bridgehead atoms. The molecule has 2 rings (SSSR count). The second-order valence-corrected chi connectivity index (χ2v) is 4.91. The molecule has 1 aliphatic rings. The Morgan fingerprint density at radius 2 is 1.95 bits per heavy atom. The lowest BCUT2D eigenvalue weighted by Gasteiger charge is -2.35. The van der Waals surface area contributed by atoms with Gasteiger partial charge in [0.05, 0.1) is 0 Å². The molecule has 19 heavy (non-hydrogen) atoms. The highest BCUT2D eigenvalue weighted by atomic mass is 19.2. The first-order valence-electron chi connectivity index (χ1n) is 6.65. The van der Waals surface area contributed by atoms with Crippen LogP contribution in [0.3, 0.4) is 0 Å². The van der Waals surface area contributed by atoms with Gasteiger partial charge < -0.3 is 10.4 Å². The number of benzene rings is 1. The van der Waals surface area contributed by atoms with Gasteiger partial charge in [0, 0.05) is 44.4 Å². The predicted octanol–water partition coefficient (Wildman–Crippen LogP) is 1.60. The van der Waals surface area contributed by atoms with Crippen LogP contribution in [-0.2, 0) is 0 Å². The van der Waals surface area contributed by atoms with Crippen LogP contribution in [0.1, 0.15) is 23.6 Å². The highest BCUT2D eigenvalue weighted by molar-refractivity contribution is 5.28. The molecule has 1 aliphatic heterocycles. The van der Waals surface area contributed by atoms with Crippen molar-refractivity contribution in [2.24, 2.45) is 0 Å². The number of aliphatic hydroxyl groups excluding tert-OH is 1. The van der Waals surface area contributed by atoms with Crippen molar-refractivity contribution < 1.29 is 13.9 Å². The maximum absolute atomic E-state index is 14.1. The van der Waals surface area contributed by atoms with Crippen molar-refractivity contribution in [2.75, 3.05) is 32.8 Å². The molecule has 1 atom stereocenters. The minimum absolute atomic E-state index is 0.0382.